The molecule has 0 saturated heterocycles. The molecule has 1 atom stereocenters. The van der Waals surface area contributed by atoms with Crippen LogP contribution in [-0.2, 0) is 11.3 Å². The molecular weight excluding hydrogens is 442 g/mol. The van der Waals surface area contributed by atoms with Crippen LogP contribution in [0.5, 0.6) is 5.88 Å². The normalized spacial score (nSPS) is 11.5. The quantitative estimate of drug-likeness (QED) is 0.561. The summed E-state index contributed by atoms with van der Waals surface area (Å²) in [6.45, 7) is 2.66. The number of hydrogen-bond acceptors (Lipinski definition) is 5. The van der Waals surface area contributed by atoms with E-state index < -0.39 is 6.04 Å². The zero-order chi connectivity index (χ0) is 20.4. The molecule has 2 rings (SSSR count). The number of aromatic nitrogens is 1. The van der Waals surface area contributed by atoms with Gasteiger partial charge >= 0.3 is 0 Å². The van der Waals surface area contributed by atoms with E-state index in [9.17, 15) is 9.59 Å². The van der Waals surface area contributed by atoms with Crippen molar-refractivity contribution in [3.63, 3.8) is 0 Å². The number of nitrogens with one attached hydrogen (secondary N) is 2. The Labute approximate surface area is 178 Å². The molecule has 0 fully saturated rings. The number of pyridine rings is 1. The molecule has 1 aromatic heterocycles. The monoisotopic (exact) mass is 465 g/mol. The highest BCUT2D eigenvalue weighted by Gasteiger charge is 2.22. The first-order valence-electron chi connectivity index (χ1n) is 8.95. The van der Waals surface area contributed by atoms with Gasteiger partial charge in [-0.1, -0.05) is 18.2 Å². The molecule has 1 heterocycles. The van der Waals surface area contributed by atoms with Gasteiger partial charge in [0.15, 0.2) is 0 Å². The summed E-state index contributed by atoms with van der Waals surface area (Å²) in [5.41, 5.74) is 1.29. The number of ether oxygens (including phenoxy) is 1. The summed E-state index contributed by atoms with van der Waals surface area (Å²) in [7, 11) is 0. The summed E-state index contributed by atoms with van der Waals surface area (Å²) in [5, 5.41) is 5.73. The first-order valence-corrected chi connectivity index (χ1v) is 11.1. The van der Waals surface area contributed by atoms with E-state index in [2.05, 4.69) is 31.5 Å². The number of nitrogens with zero attached hydrogens (tertiary/aromatic N) is 1. The fourth-order valence-electron chi connectivity index (χ4n) is 2.52. The summed E-state index contributed by atoms with van der Waals surface area (Å²) in [5.74, 6) is 0.736. The highest BCUT2D eigenvalue weighted by molar-refractivity contribution is 9.10. The van der Waals surface area contributed by atoms with E-state index in [1.165, 1.54) is 0 Å². The number of amides is 2. The van der Waals surface area contributed by atoms with E-state index >= 15 is 0 Å². The molecule has 0 bridgehead atoms. The van der Waals surface area contributed by atoms with E-state index in [-0.39, 0.29) is 18.4 Å². The first-order chi connectivity index (χ1) is 13.6. The van der Waals surface area contributed by atoms with Crippen molar-refractivity contribution in [2.45, 2.75) is 25.9 Å². The van der Waals surface area contributed by atoms with Crippen LogP contribution in [0.25, 0.3) is 0 Å². The second-order valence-electron chi connectivity index (χ2n) is 5.91. The summed E-state index contributed by atoms with van der Waals surface area (Å²) >= 11 is 5.00. The van der Waals surface area contributed by atoms with Gasteiger partial charge in [0.05, 0.1) is 12.2 Å². The van der Waals surface area contributed by atoms with Crippen molar-refractivity contribution in [1.29, 1.82) is 0 Å². The minimum absolute atomic E-state index is 0.235. The van der Waals surface area contributed by atoms with Crippen molar-refractivity contribution in [3.05, 3.63) is 58.2 Å². The maximum atomic E-state index is 12.7. The Morgan fingerprint density at radius 2 is 2.04 bits per heavy atom. The number of halogens is 1. The first kappa shape index (κ1) is 22.2. The zero-order valence-corrected chi connectivity index (χ0v) is 18.3. The van der Waals surface area contributed by atoms with Gasteiger partial charge in [-0.2, -0.15) is 11.8 Å². The second kappa shape index (κ2) is 11.7. The van der Waals surface area contributed by atoms with Crippen LogP contribution in [0.1, 0.15) is 29.3 Å². The lowest BCUT2D eigenvalue weighted by atomic mass is 10.1. The second-order valence-corrected chi connectivity index (χ2v) is 7.75. The Morgan fingerprint density at radius 1 is 1.25 bits per heavy atom. The number of rotatable bonds is 10. The summed E-state index contributed by atoms with van der Waals surface area (Å²) in [4.78, 5) is 29.5. The van der Waals surface area contributed by atoms with Crippen LogP contribution in [0.3, 0.4) is 0 Å². The zero-order valence-electron chi connectivity index (χ0n) is 15.9. The van der Waals surface area contributed by atoms with Crippen molar-refractivity contribution in [3.8, 4) is 5.88 Å². The number of benzene rings is 1. The third kappa shape index (κ3) is 6.53. The van der Waals surface area contributed by atoms with Gasteiger partial charge in [0.1, 0.15) is 6.04 Å². The minimum Gasteiger partial charge on any atom is -0.478 e. The Balaban J connectivity index is 2.04. The van der Waals surface area contributed by atoms with Crippen molar-refractivity contribution in [1.82, 2.24) is 15.6 Å². The number of carbonyl (C=O) groups is 2. The standard InChI is InChI=1S/C20H24BrN3O3S/c1-3-27-20-14(7-6-11-22-20)13-23-19(26)17(10-12-28-2)24-18(25)15-8-4-5-9-16(15)21/h4-9,11,17H,3,10,12-13H2,1-2H3,(H,23,26)(H,24,25). The molecule has 0 aliphatic rings. The Morgan fingerprint density at radius 3 is 2.75 bits per heavy atom. The number of thioether (sulfide) groups is 1. The van der Waals surface area contributed by atoms with Gasteiger partial charge in [-0.25, -0.2) is 4.98 Å². The van der Waals surface area contributed by atoms with Gasteiger partial charge in [-0.3, -0.25) is 9.59 Å². The highest BCUT2D eigenvalue weighted by Crippen LogP contribution is 2.17. The smallest absolute Gasteiger partial charge is 0.253 e. The number of carbonyl (C=O) groups excluding carboxylic acids is 2. The molecule has 0 saturated carbocycles. The SMILES string of the molecule is CCOc1ncccc1CNC(=O)C(CCSC)NC(=O)c1ccccc1Br. The maximum absolute atomic E-state index is 12.7. The van der Waals surface area contributed by atoms with Crippen LogP contribution in [0.2, 0.25) is 0 Å². The van der Waals surface area contributed by atoms with Crippen molar-refractivity contribution < 1.29 is 14.3 Å². The Hall–Kier alpha value is -2.06. The topological polar surface area (TPSA) is 80.3 Å². The summed E-state index contributed by atoms with van der Waals surface area (Å²) in [6.07, 6.45) is 4.15. The summed E-state index contributed by atoms with van der Waals surface area (Å²) < 4.78 is 6.18. The van der Waals surface area contributed by atoms with Crippen LogP contribution in [0, 0.1) is 0 Å². The van der Waals surface area contributed by atoms with Crippen LogP contribution >= 0.6 is 27.7 Å². The third-order valence-corrected chi connectivity index (χ3v) is 5.27. The van der Waals surface area contributed by atoms with E-state index in [0.717, 1.165) is 11.3 Å². The highest BCUT2D eigenvalue weighted by atomic mass is 79.9. The van der Waals surface area contributed by atoms with Crippen LogP contribution in [-0.4, -0.2) is 41.5 Å². The number of hydrogen-bond donors (Lipinski definition) is 2. The van der Waals surface area contributed by atoms with Gasteiger partial charge in [-0.05, 0) is 59.5 Å². The fourth-order valence-corrected chi connectivity index (χ4v) is 3.45. The van der Waals surface area contributed by atoms with Crippen molar-refractivity contribution in [2.75, 3.05) is 18.6 Å². The third-order valence-electron chi connectivity index (χ3n) is 3.94. The predicted octanol–water partition coefficient (Wildman–Crippen LogP) is 3.41. The van der Waals surface area contributed by atoms with E-state index in [4.69, 9.17) is 4.74 Å². The lowest BCUT2D eigenvalue weighted by Gasteiger charge is -2.19. The van der Waals surface area contributed by atoms with E-state index in [0.29, 0.717) is 28.9 Å². The molecule has 2 amide bonds. The van der Waals surface area contributed by atoms with Gasteiger partial charge in [-0.15, -0.1) is 0 Å². The molecule has 0 spiro atoms. The lowest BCUT2D eigenvalue weighted by molar-refractivity contribution is -0.123. The molecule has 0 radical (unpaired) electrons. The van der Waals surface area contributed by atoms with E-state index in [1.54, 1.807) is 42.2 Å². The maximum Gasteiger partial charge on any atom is 0.253 e. The molecule has 8 heteroatoms. The molecule has 1 unspecified atom stereocenters. The molecule has 2 N–H and O–H groups in total. The predicted molar refractivity (Wildman–Crippen MR) is 116 cm³/mol. The fraction of sp³-hybridized carbons (Fsp3) is 0.350. The molecule has 28 heavy (non-hydrogen) atoms. The Bertz CT molecular complexity index is 804. The van der Waals surface area contributed by atoms with Crippen LogP contribution < -0.4 is 15.4 Å². The van der Waals surface area contributed by atoms with Crippen LogP contribution in [0.15, 0.2) is 47.1 Å². The molecule has 0 aliphatic carbocycles. The average molecular weight is 466 g/mol. The molecule has 150 valence electrons. The largest absolute Gasteiger partial charge is 0.478 e. The summed E-state index contributed by atoms with van der Waals surface area (Å²) in [6, 6.07) is 10.2. The van der Waals surface area contributed by atoms with E-state index in [1.807, 2.05) is 25.3 Å². The van der Waals surface area contributed by atoms with Crippen molar-refractivity contribution >= 4 is 39.5 Å². The van der Waals surface area contributed by atoms with Gasteiger partial charge in [0.2, 0.25) is 11.8 Å². The molecule has 0 aliphatic heterocycles. The van der Waals surface area contributed by atoms with Gasteiger partial charge in [0.25, 0.3) is 5.91 Å². The van der Waals surface area contributed by atoms with Crippen molar-refractivity contribution in [2.24, 2.45) is 0 Å². The van der Waals surface area contributed by atoms with Gasteiger partial charge < -0.3 is 15.4 Å². The van der Waals surface area contributed by atoms with Gasteiger partial charge in [0, 0.05) is 22.8 Å². The molecule has 6 nitrogen and oxygen atoms in total. The Kier molecular flexibility index (Phi) is 9.30. The minimum atomic E-state index is -0.626. The van der Waals surface area contributed by atoms with Crippen LogP contribution in [0.4, 0.5) is 0 Å². The molecular formula is C20H24BrN3O3S. The average Bonchev–Trinajstić information content (AvgIpc) is 2.70. The molecule has 1 aromatic carbocycles. The molecule has 2 aromatic rings. The lowest BCUT2D eigenvalue weighted by Crippen LogP contribution is -2.47.